The predicted molar refractivity (Wildman–Crippen MR) is 93.3 cm³/mol. The zero-order chi connectivity index (χ0) is 16.9. The number of aliphatic carboxylic acids is 1. The van der Waals surface area contributed by atoms with E-state index in [9.17, 15) is 9.90 Å². The molecule has 1 aromatic carbocycles. The number of nitrogens with zero attached hydrogens (tertiary/aromatic N) is 2. The van der Waals surface area contributed by atoms with Crippen molar-refractivity contribution in [1.29, 1.82) is 0 Å². The summed E-state index contributed by atoms with van der Waals surface area (Å²) in [6, 6.07) is 8.52. The molecular formula is C19H28N2O3. The van der Waals surface area contributed by atoms with Crippen molar-refractivity contribution in [2.75, 3.05) is 26.2 Å². The van der Waals surface area contributed by atoms with E-state index < -0.39 is 5.97 Å². The molecule has 2 heterocycles. The number of rotatable bonds is 6. The molecule has 1 atom stereocenters. The number of piperidine rings is 1. The van der Waals surface area contributed by atoms with Crippen LogP contribution in [0.3, 0.4) is 0 Å². The summed E-state index contributed by atoms with van der Waals surface area (Å²) in [5.41, 5.74) is 1.31. The standard InChI is InChI=1S/C19H28N2O3/c1-2-24-17-7-5-15(6-8-17)14-20-12-9-16(10-13-20)21-11-3-4-18(21)19(22)23/h5-8,16,18H,2-4,9-14H2,1H3,(H,22,23). The predicted octanol–water partition coefficient (Wildman–Crippen LogP) is 2.60. The van der Waals surface area contributed by atoms with Gasteiger partial charge in [-0.3, -0.25) is 14.6 Å². The number of benzene rings is 1. The molecule has 0 radical (unpaired) electrons. The van der Waals surface area contributed by atoms with Gasteiger partial charge in [-0.05, 0) is 69.9 Å². The quantitative estimate of drug-likeness (QED) is 0.868. The summed E-state index contributed by atoms with van der Waals surface area (Å²) in [5, 5.41) is 9.36. The second-order valence-corrected chi connectivity index (χ2v) is 6.82. The lowest BCUT2D eigenvalue weighted by molar-refractivity contribution is -0.143. The lowest BCUT2D eigenvalue weighted by atomic mass is 10.0. The van der Waals surface area contributed by atoms with Crippen LogP contribution >= 0.6 is 0 Å². The smallest absolute Gasteiger partial charge is 0.320 e. The van der Waals surface area contributed by atoms with E-state index in [2.05, 4.69) is 21.9 Å². The molecule has 5 heteroatoms. The lowest BCUT2D eigenvalue weighted by Crippen LogP contribution is -2.48. The van der Waals surface area contributed by atoms with Gasteiger partial charge in [0.25, 0.3) is 0 Å². The number of likely N-dealkylation sites (tertiary alicyclic amines) is 2. The van der Waals surface area contributed by atoms with E-state index >= 15 is 0 Å². The molecule has 0 aromatic heterocycles. The van der Waals surface area contributed by atoms with Crippen LogP contribution in [0.25, 0.3) is 0 Å². The highest BCUT2D eigenvalue weighted by atomic mass is 16.5. The highest BCUT2D eigenvalue weighted by Gasteiger charge is 2.36. The Hall–Kier alpha value is -1.59. The molecule has 0 bridgehead atoms. The van der Waals surface area contributed by atoms with Crippen LogP contribution in [0.5, 0.6) is 5.75 Å². The molecule has 132 valence electrons. The monoisotopic (exact) mass is 332 g/mol. The van der Waals surface area contributed by atoms with Crippen molar-refractivity contribution < 1.29 is 14.6 Å². The molecule has 2 aliphatic rings. The first-order valence-electron chi connectivity index (χ1n) is 9.10. The summed E-state index contributed by atoms with van der Waals surface area (Å²) >= 11 is 0. The van der Waals surface area contributed by atoms with Gasteiger partial charge in [-0.25, -0.2) is 0 Å². The molecule has 1 N–H and O–H groups in total. The van der Waals surface area contributed by atoms with Crippen molar-refractivity contribution >= 4 is 5.97 Å². The highest BCUT2D eigenvalue weighted by molar-refractivity contribution is 5.73. The van der Waals surface area contributed by atoms with E-state index in [0.717, 1.165) is 57.6 Å². The molecule has 2 saturated heterocycles. The minimum absolute atomic E-state index is 0.257. The van der Waals surface area contributed by atoms with Crippen LogP contribution in [0.2, 0.25) is 0 Å². The summed E-state index contributed by atoms with van der Waals surface area (Å²) in [6.07, 6.45) is 3.96. The Morgan fingerprint density at radius 2 is 1.88 bits per heavy atom. The summed E-state index contributed by atoms with van der Waals surface area (Å²) in [6.45, 7) is 6.68. The maximum Gasteiger partial charge on any atom is 0.320 e. The van der Waals surface area contributed by atoms with Gasteiger partial charge in [0.15, 0.2) is 0 Å². The Labute approximate surface area is 144 Å². The highest BCUT2D eigenvalue weighted by Crippen LogP contribution is 2.26. The third-order valence-electron chi connectivity index (χ3n) is 5.25. The Bertz CT molecular complexity index is 538. The summed E-state index contributed by atoms with van der Waals surface area (Å²) in [7, 11) is 0. The Balaban J connectivity index is 1.49. The first-order valence-corrected chi connectivity index (χ1v) is 9.10. The van der Waals surface area contributed by atoms with Crippen LogP contribution in [0, 0.1) is 0 Å². The zero-order valence-electron chi connectivity index (χ0n) is 14.5. The minimum atomic E-state index is -0.649. The van der Waals surface area contributed by atoms with Crippen molar-refractivity contribution in [1.82, 2.24) is 9.80 Å². The van der Waals surface area contributed by atoms with Crippen LogP contribution < -0.4 is 4.74 Å². The number of hydrogen-bond donors (Lipinski definition) is 1. The van der Waals surface area contributed by atoms with Gasteiger partial charge in [-0.15, -0.1) is 0 Å². The van der Waals surface area contributed by atoms with Gasteiger partial charge >= 0.3 is 5.97 Å². The normalized spacial score (nSPS) is 23.5. The topological polar surface area (TPSA) is 53.0 Å². The minimum Gasteiger partial charge on any atom is -0.494 e. The van der Waals surface area contributed by atoms with Crippen molar-refractivity contribution in [3.05, 3.63) is 29.8 Å². The fourth-order valence-electron chi connectivity index (χ4n) is 4.02. The second-order valence-electron chi connectivity index (χ2n) is 6.82. The van der Waals surface area contributed by atoms with Crippen molar-refractivity contribution in [3.8, 4) is 5.75 Å². The number of hydrogen-bond acceptors (Lipinski definition) is 4. The van der Waals surface area contributed by atoms with Crippen molar-refractivity contribution in [2.45, 2.75) is 51.2 Å². The SMILES string of the molecule is CCOc1ccc(CN2CCC(N3CCCC3C(=O)O)CC2)cc1. The third-order valence-corrected chi connectivity index (χ3v) is 5.25. The third kappa shape index (κ3) is 4.08. The van der Waals surface area contributed by atoms with Gasteiger partial charge in [0.05, 0.1) is 6.61 Å². The molecule has 0 saturated carbocycles. The van der Waals surface area contributed by atoms with E-state index in [1.54, 1.807) is 0 Å². The first kappa shape index (κ1) is 17.2. The average Bonchev–Trinajstić information content (AvgIpc) is 3.08. The Morgan fingerprint density at radius 1 is 1.17 bits per heavy atom. The molecule has 0 amide bonds. The van der Waals surface area contributed by atoms with E-state index in [1.807, 2.05) is 19.1 Å². The van der Waals surface area contributed by atoms with Crippen LogP contribution in [-0.2, 0) is 11.3 Å². The van der Waals surface area contributed by atoms with Gasteiger partial charge in [0, 0.05) is 12.6 Å². The molecule has 5 nitrogen and oxygen atoms in total. The Morgan fingerprint density at radius 3 is 2.50 bits per heavy atom. The largest absolute Gasteiger partial charge is 0.494 e. The van der Waals surface area contributed by atoms with Gasteiger partial charge in [-0.1, -0.05) is 12.1 Å². The molecule has 0 aliphatic carbocycles. The fourth-order valence-corrected chi connectivity index (χ4v) is 4.02. The molecule has 1 unspecified atom stereocenters. The maximum absolute atomic E-state index is 11.4. The van der Waals surface area contributed by atoms with Crippen LogP contribution in [0.15, 0.2) is 24.3 Å². The van der Waals surface area contributed by atoms with Crippen LogP contribution in [0.1, 0.15) is 38.2 Å². The molecule has 1 aromatic rings. The second kappa shape index (κ2) is 7.99. The summed E-state index contributed by atoms with van der Waals surface area (Å²) in [5.74, 6) is 0.276. The van der Waals surface area contributed by atoms with Gasteiger partial charge < -0.3 is 9.84 Å². The van der Waals surface area contributed by atoms with E-state index in [0.29, 0.717) is 12.6 Å². The van der Waals surface area contributed by atoms with Crippen molar-refractivity contribution in [3.63, 3.8) is 0 Å². The molecule has 2 aliphatic heterocycles. The van der Waals surface area contributed by atoms with Crippen LogP contribution in [0.4, 0.5) is 0 Å². The van der Waals surface area contributed by atoms with Gasteiger partial charge in [0.1, 0.15) is 11.8 Å². The number of ether oxygens (including phenoxy) is 1. The lowest BCUT2D eigenvalue weighted by Gasteiger charge is -2.38. The first-order chi connectivity index (χ1) is 11.7. The molecule has 2 fully saturated rings. The number of carbonyl (C=O) groups is 1. The molecule has 24 heavy (non-hydrogen) atoms. The zero-order valence-corrected chi connectivity index (χ0v) is 14.5. The van der Waals surface area contributed by atoms with Gasteiger partial charge in [-0.2, -0.15) is 0 Å². The summed E-state index contributed by atoms with van der Waals surface area (Å²) in [4.78, 5) is 16.1. The molecule has 3 rings (SSSR count). The molecular weight excluding hydrogens is 304 g/mol. The van der Waals surface area contributed by atoms with E-state index in [4.69, 9.17) is 4.74 Å². The number of carboxylic acids is 1. The van der Waals surface area contributed by atoms with Gasteiger partial charge in [0.2, 0.25) is 0 Å². The summed E-state index contributed by atoms with van der Waals surface area (Å²) < 4.78 is 5.48. The van der Waals surface area contributed by atoms with E-state index in [-0.39, 0.29) is 6.04 Å². The maximum atomic E-state index is 11.4. The average molecular weight is 332 g/mol. The van der Waals surface area contributed by atoms with E-state index in [1.165, 1.54) is 5.56 Å². The van der Waals surface area contributed by atoms with Crippen LogP contribution in [-0.4, -0.2) is 59.2 Å². The molecule has 0 spiro atoms. The Kier molecular flexibility index (Phi) is 5.74. The number of carboxylic acid groups (broad SMARTS) is 1. The van der Waals surface area contributed by atoms with Crippen molar-refractivity contribution in [2.24, 2.45) is 0 Å². The fraction of sp³-hybridized carbons (Fsp3) is 0.632.